The highest BCUT2D eigenvalue weighted by Crippen LogP contribution is 2.01. The van der Waals surface area contributed by atoms with Crippen molar-refractivity contribution in [3.63, 3.8) is 0 Å². The molecular weight excluding hydrogens is 356 g/mol. The molecule has 0 amide bonds. The Hall–Kier alpha value is -2.21. The zero-order chi connectivity index (χ0) is 21.0. The molecule has 156 valence electrons. The van der Waals surface area contributed by atoms with Gasteiger partial charge in [0.2, 0.25) is 0 Å². The van der Waals surface area contributed by atoms with Crippen LogP contribution in [0.4, 0.5) is 0 Å². The molecule has 0 saturated carbocycles. The van der Waals surface area contributed by atoms with Crippen LogP contribution in [0.25, 0.3) is 0 Å². The van der Waals surface area contributed by atoms with E-state index in [-0.39, 0.29) is 12.4 Å². The number of aliphatic hydroxyl groups excluding tert-OH is 3. The molecule has 0 radical (unpaired) electrons. The van der Waals surface area contributed by atoms with Crippen molar-refractivity contribution < 1.29 is 24.9 Å². The van der Waals surface area contributed by atoms with Crippen molar-refractivity contribution in [3.8, 4) is 0 Å². The van der Waals surface area contributed by atoms with Gasteiger partial charge in [0, 0.05) is 6.42 Å². The quantitative estimate of drug-likeness (QED) is 0.240. The number of aliphatic hydroxyl groups is 3. The molecule has 0 aromatic carbocycles. The van der Waals surface area contributed by atoms with Crippen molar-refractivity contribution >= 4 is 5.97 Å². The highest BCUT2D eigenvalue weighted by atomic mass is 16.5. The fourth-order valence-electron chi connectivity index (χ4n) is 2.03. The van der Waals surface area contributed by atoms with Crippen LogP contribution in [-0.2, 0) is 9.53 Å². The summed E-state index contributed by atoms with van der Waals surface area (Å²) in [7, 11) is 1.32. The molecule has 0 aromatic heterocycles. The van der Waals surface area contributed by atoms with E-state index in [9.17, 15) is 20.1 Å². The van der Waals surface area contributed by atoms with Crippen molar-refractivity contribution in [3.05, 3.63) is 72.9 Å². The van der Waals surface area contributed by atoms with Gasteiger partial charge in [0.1, 0.15) is 0 Å². The van der Waals surface area contributed by atoms with E-state index in [0.717, 1.165) is 6.42 Å². The monoisotopic (exact) mass is 390 g/mol. The Morgan fingerprint density at radius 1 is 0.786 bits per heavy atom. The SMILES string of the molecule is CC/C=C\C[C@H](O)/C=C/C=C\C[C@@H](O)/C=C/C=C/C=C\[C@@H](O)CCC(=O)OC. The molecule has 0 aromatic rings. The predicted molar refractivity (Wildman–Crippen MR) is 114 cm³/mol. The number of methoxy groups -OCH3 is 1. The topological polar surface area (TPSA) is 87.0 Å². The second-order valence-electron chi connectivity index (χ2n) is 6.14. The minimum Gasteiger partial charge on any atom is -0.469 e. The molecule has 0 spiro atoms. The van der Waals surface area contributed by atoms with Crippen LogP contribution in [0.5, 0.6) is 0 Å². The lowest BCUT2D eigenvalue weighted by Gasteiger charge is -2.02. The van der Waals surface area contributed by atoms with E-state index in [0.29, 0.717) is 19.3 Å². The second-order valence-corrected chi connectivity index (χ2v) is 6.14. The van der Waals surface area contributed by atoms with Gasteiger partial charge >= 0.3 is 5.97 Å². The van der Waals surface area contributed by atoms with Gasteiger partial charge in [0.05, 0.1) is 25.4 Å². The molecule has 3 atom stereocenters. The first-order valence-corrected chi connectivity index (χ1v) is 9.60. The average Bonchev–Trinajstić information content (AvgIpc) is 2.68. The van der Waals surface area contributed by atoms with Gasteiger partial charge in [-0.15, -0.1) is 0 Å². The van der Waals surface area contributed by atoms with E-state index in [1.807, 2.05) is 25.2 Å². The molecular formula is C23H34O5. The Bertz CT molecular complexity index is 570. The molecule has 0 heterocycles. The number of hydrogen-bond donors (Lipinski definition) is 3. The number of esters is 1. The lowest BCUT2D eigenvalue weighted by atomic mass is 10.2. The van der Waals surface area contributed by atoms with Gasteiger partial charge in [-0.3, -0.25) is 4.79 Å². The molecule has 5 nitrogen and oxygen atoms in total. The molecule has 0 unspecified atom stereocenters. The number of rotatable bonds is 14. The summed E-state index contributed by atoms with van der Waals surface area (Å²) in [4.78, 5) is 11.0. The van der Waals surface area contributed by atoms with Crippen LogP contribution >= 0.6 is 0 Å². The highest BCUT2D eigenvalue weighted by Gasteiger charge is 2.04. The van der Waals surface area contributed by atoms with Crippen LogP contribution in [0, 0.1) is 0 Å². The Balaban J connectivity index is 4.02. The molecule has 3 N–H and O–H groups in total. The van der Waals surface area contributed by atoms with Gasteiger partial charge in [0.25, 0.3) is 0 Å². The molecule has 0 aliphatic heterocycles. The van der Waals surface area contributed by atoms with E-state index in [2.05, 4.69) is 4.74 Å². The number of allylic oxidation sites excluding steroid dienone is 7. The average molecular weight is 391 g/mol. The zero-order valence-electron chi connectivity index (χ0n) is 16.9. The number of ether oxygens (including phenoxy) is 1. The number of carbonyl (C=O) groups excluding carboxylic acids is 1. The van der Waals surface area contributed by atoms with E-state index < -0.39 is 18.3 Å². The van der Waals surface area contributed by atoms with E-state index in [1.165, 1.54) is 7.11 Å². The normalized spacial score (nSPS) is 16.3. The maximum Gasteiger partial charge on any atom is 0.305 e. The molecule has 0 aliphatic carbocycles. The van der Waals surface area contributed by atoms with Crippen LogP contribution in [0.1, 0.15) is 39.0 Å². The third kappa shape index (κ3) is 17.2. The first kappa shape index (κ1) is 25.8. The van der Waals surface area contributed by atoms with Crippen molar-refractivity contribution in [2.45, 2.75) is 57.3 Å². The molecule has 0 fully saturated rings. The van der Waals surface area contributed by atoms with Crippen LogP contribution in [0.3, 0.4) is 0 Å². The fourth-order valence-corrected chi connectivity index (χ4v) is 2.03. The molecule has 0 bridgehead atoms. The summed E-state index contributed by atoms with van der Waals surface area (Å²) >= 11 is 0. The number of carbonyl (C=O) groups is 1. The van der Waals surface area contributed by atoms with Crippen molar-refractivity contribution in [2.75, 3.05) is 7.11 Å². The van der Waals surface area contributed by atoms with E-state index in [4.69, 9.17) is 0 Å². The van der Waals surface area contributed by atoms with Crippen LogP contribution < -0.4 is 0 Å². The summed E-state index contributed by atoms with van der Waals surface area (Å²) in [5.74, 6) is -0.343. The maximum absolute atomic E-state index is 11.0. The Morgan fingerprint density at radius 2 is 1.32 bits per heavy atom. The summed E-state index contributed by atoms with van der Waals surface area (Å²) in [5.41, 5.74) is 0. The zero-order valence-corrected chi connectivity index (χ0v) is 16.9. The molecule has 5 heteroatoms. The molecule has 28 heavy (non-hydrogen) atoms. The maximum atomic E-state index is 11.0. The first-order valence-electron chi connectivity index (χ1n) is 9.60. The van der Waals surface area contributed by atoms with E-state index >= 15 is 0 Å². The minimum atomic E-state index is -0.697. The predicted octanol–water partition coefficient (Wildman–Crippen LogP) is 3.55. The summed E-state index contributed by atoms with van der Waals surface area (Å²) in [6.07, 6.45) is 22.0. The smallest absolute Gasteiger partial charge is 0.305 e. The Kier molecular flexibility index (Phi) is 16.7. The Morgan fingerprint density at radius 3 is 1.89 bits per heavy atom. The highest BCUT2D eigenvalue weighted by molar-refractivity contribution is 5.69. The standard InChI is InChI=1S/C23H34O5/c1-3-4-8-13-20(24)15-11-7-12-16-21(25)14-9-5-6-10-17-22(26)18-19-23(27)28-2/h4-12,14-15,17,20-22,24-26H,3,13,16,18-19H2,1-2H3/b6-5+,8-4-,12-7-,14-9+,15-11+,17-10-/t20-,21-,22+/m0/s1. The van der Waals surface area contributed by atoms with Crippen LogP contribution in [0.15, 0.2) is 72.9 Å². The molecule has 0 aliphatic rings. The van der Waals surface area contributed by atoms with Crippen molar-refractivity contribution in [1.82, 2.24) is 0 Å². The lowest BCUT2D eigenvalue weighted by Crippen LogP contribution is -2.07. The summed E-state index contributed by atoms with van der Waals surface area (Å²) < 4.78 is 4.51. The van der Waals surface area contributed by atoms with Gasteiger partial charge in [-0.25, -0.2) is 0 Å². The number of hydrogen-bond acceptors (Lipinski definition) is 5. The van der Waals surface area contributed by atoms with Crippen molar-refractivity contribution in [1.29, 1.82) is 0 Å². The lowest BCUT2D eigenvalue weighted by molar-refractivity contribution is -0.141. The van der Waals surface area contributed by atoms with E-state index in [1.54, 1.807) is 54.7 Å². The van der Waals surface area contributed by atoms with Gasteiger partial charge in [-0.05, 0) is 25.7 Å². The molecule has 0 saturated heterocycles. The summed E-state index contributed by atoms with van der Waals surface area (Å²) in [5, 5.41) is 29.2. The van der Waals surface area contributed by atoms with Crippen molar-refractivity contribution in [2.24, 2.45) is 0 Å². The molecule has 0 rings (SSSR count). The van der Waals surface area contributed by atoms with Gasteiger partial charge in [-0.2, -0.15) is 0 Å². The fraction of sp³-hybridized carbons (Fsp3) is 0.435. The first-order chi connectivity index (χ1) is 13.5. The minimum absolute atomic E-state index is 0.176. The van der Waals surface area contributed by atoms with Crippen LogP contribution in [-0.4, -0.2) is 46.7 Å². The summed E-state index contributed by atoms with van der Waals surface area (Å²) in [6.45, 7) is 2.05. The Labute approximate surface area is 168 Å². The van der Waals surface area contributed by atoms with Gasteiger partial charge in [-0.1, -0.05) is 79.8 Å². The third-order valence-corrected chi connectivity index (χ3v) is 3.61. The van der Waals surface area contributed by atoms with Gasteiger partial charge in [0.15, 0.2) is 0 Å². The largest absolute Gasteiger partial charge is 0.469 e. The third-order valence-electron chi connectivity index (χ3n) is 3.61. The second kappa shape index (κ2) is 18.2. The summed E-state index contributed by atoms with van der Waals surface area (Å²) in [6, 6.07) is 0. The van der Waals surface area contributed by atoms with Crippen LogP contribution in [0.2, 0.25) is 0 Å². The van der Waals surface area contributed by atoms with Gasteiger partial charge < -0.3 is 20.1 Å².